The number of carbonyl (C=O) groups is 1. The normalized spacial score (nSPS) is 12.1. The van der Waals surface area contributed by atoms with Crippen LogP contribution in [0.4, 0.5) is 5.82 Å². The summed E-state index contributed by atoms with van der Waals surface area (Å²) in [5.41, 5.74) is 0. The van der Waals surface area contributed by atoms with Crippen molar-refractivity contribution >= 4 is 46.4 Å². The summed E-state index contributed by atoms with van der Waals surface area (Å²) in [6.07, 6.45) is 2.34. The van der Waals surface area contributed by atoms with Gasteiger partial charge in [0, 0.05) is 17.5 Å². The van der Waals surface area contributed by atoms with Crippen molar-refractivity contribution in [2.45, 2.75) is 30.3 Å². The molecule has 0 spiro atoms. The molecule has 0 fully saturated rings. The molecule has 3 aromatic heterocycles. The number of thioether (sulfide) groups is 1. The highest BCUT2D eigenvalue weighted by Crippen LogP contribution is 2.22. The SMILES string of the molecule is CC(Sc1nnnn1CCc1cccs1)C(=O)Nc1ccc(Cl)cn1. The summed E-state index contributed by atoms with van der Waals surface area (Å²) in [7, 11) is 0. The number of aryl methyl sites for hydroxylation is 2. The zero-order chi connectivity index (χ0) is 17.6. The fourth-order valence-corrected chi connectivity index (χ4v) is 3.61. The van der Waals surface area contributed by atoms with Crippen LogP contribution in [0.25, 0.3) is 0 Å². The van der Waals surface area contributed by atoms with E-state index < -0.39 is 0 Å². The lowest BCUT2D eigenvalue weighted by atomic mass is 10.3. The maximum atomic E-state index is 12.3. The first-order chi connectivity index (χ1) is 12.1. The number of anilines is 1. The molecule has 0 saturated heterocycles. The molecular weight excluding hydrogens is 380 g/mol. The summed E-state index contributed by atoms with van der Waals surface area (Å²) in [6.45, 7) is 2.47. The van der Waals surface area contributed by atoms with Gasteiger partial charge >= 0.3 is 0 Å². The number of nitrogens with one attached hydrogen (secondary N) is 1. The predicted molar refractivity (Wildman–Crippen MR) is 99.0 cm³/mol. The molecule has 3 aromatic rings. The Morgan fingerprint density at radius 2 is 2.32 bits per heavy atom. The minimum absolute atomic E-state index is 0.173. The Kier molecular flexibility index (Phi) is 6.00. The first-order valence-electron chi connectivity index (χ1n) is 7.49. The minimum Gasteiger partial charge on any atom is -0.310 e. The standard InChI is InChI=1S/C15H15ClN6OS2/c1-10(14(23)18-13-5-4-11(16)9-17-13)25-15-19-20-21-22(15)7-6-12-3-2-8-24-12/h2-5,8-10H,6-7H2,1H3,(H,17,18,23). The lowest BCUT2D eigenvalue weighted by Crippen LogP contribution is -2.23. The molecule has 130 valence electrons. The van der Waals surface area contributed by atoms with Crippen molar-refractivity contribution < 1.29 is 4.79 Å². The Morgan fingerprint density at radius 3 is 3.04 bits per heavy atom. The second kappa shape index (κ2) is 8.41. The third-order valence-corrected chi connectivity index (χ3v) is 5.51. The molecule has 1 atom stereocenters. The second-order valence-corrected chi connectivity index (χ2v) is 7.90. The van der Waals surface area contributed by atoms with Gasteiger partial charge in [0.05, 0.1) is 16.8 Å². The lowest BCUT2D eigenvalue weighted by Gasteiger charge is -2.11. The highest BCUT2D eigenvalue weighted by molar-refractivity contribution is 8.00. The van der Waals surface area contributed by atoms with E-state index in [0.29, 0.717) is 22.5 Å². The van der Waals surface area contributed by atoms with Crippen molar-refractivity contribution in [3.05, 3.63) is 45.7 Å². The molecule has 0 radical (unpaired) electrons. The van der Waals surface area contributed by atoms with Gasteiger partial charge in [-0.2, -0.15) is 0 Å². The van der Waals surface area contributed by atoms with Gasteiger partial charge in [-0.25, -0.2) is 9.67 Å². The number of nitrogens with zero attached hydrogens (tertiary/aromatic N) is 5. The van der Waals surface area contributed by atoms with Gasteiger partial charge < -0.3 is 5.32 Å². The van der Waals surface area contributed by atoms with E-state index in [4.69, 9.17) is 11.6 Å². The Bertz CT molecular complexity index is 821. The Balaban J connectivity index is 1.57. The first kappa shape index (κ1) is 17.8. The number of aromatic nitrogens is 5. The zero-order valence-electron chi connectivity index (χ0n) is 13.3. The van der Waals surface area contributed by atoms with Crippen molar-refractivity contribution in [2.75, 3.05) is 5.32 Å². The highest BCUT2D eigenvalue weighted by atomic mass is 35.5. The van der Waals surface area contributed by atoms with E-state index in [9.17, 15) is 4.79 Å². The van der Waals surface area contributed by atoms with Gasteiger partial charge in [-0.15, -0.1) is 16.4 Å². The van der Waals surface area contributed by atoms with E-state index in [1.54, 1.807) is 35.1 Å². The number of rotatable bonds is 7. The summed E-state index contributed by atoms with van der Waals surface area (Å²) in [6, 6.07) is 7.43. The monoisotopic (exact) mass is 394 g/mol. The number of halogens is 1. The molecule has 3 rings (SSSR count). The van der Waals surface area contributed by atoms with E-state index in [2.05, 4.69) is 31.9 Å². The van der Waals surface area contributed by atoms with Crippen LogP contribution < -0.4 is 5.32 Å². The summed E-state index contributed by atoms with van der Waals surface area (Å²) < 4.78 is 1.72. The average Bonchev–Trinajstić information content (AvgIpc) is 3.26. The molecule has 1 amide bonds. The van der Waals surface area contributed by atoms with Crippen LogP contribution in [0.15, 0.2) is 41.0 Å². The molecule has 1 N–H and O–H groups in total. The molecule has 7 nitrogen and oxygen atoms in total. The first-order valence-corrected chi connectivity index (χ1v) is 9.63. The van der Waals surface area contributed by atoms with Gasteiger partial charge in [0.25, 0.3) is 0 Å². The highest BCUT2D eigenvalue weighted by Gasteiger charge is 2.19. The Labute approximate surface area is 157 Å². The van der Waals surface area contributed by atoms with Crippen molar-refractivity contribution in [2.24, 2.45) is 0 Å². The summed E-state index contributed by atoms with van der Waals surface area (Å²) >= 11 is 8.80. The average molecular weight is 395 g/mol. The molecule has 3 heterocycles. The van der Waals surface area contributed by atoms with Crippen LogP contribution in [0.5, 0.6) is 0 Å². The third kappa shape index (κ3) is 5.00. The molecule has 10 heteroatoms. The molecule has 0 bridgehead atoms. The minimum atomic E-state index is -0.371. The molecule has 0 saturated carbocycles. The van der Waals surface area contributed by atoms with Crippen molar-refractivity contribution in [1.82, 2.24) is 25.2 Å². The Hall–Kier alpha value is -1.97. The number of pyridine rings is 1. The summed E-state index contributed by atoms with van der Waals surface area (Å²) in [4.78, 5) is 17.6. The van der Waals surface area contributed by atoms with Crippen LogP contribution >= 0.6 is 34.7 Å². The maximum absolute atomic E-state index is 12.3. The second-order valence-electron chi connectivity index (χ2n) is 5.12. The van der Waals surface area contributed by atoms with E-state index in [1.807, 2.05) is 11.4 Å². The third-order valence-electron chi connectivity index (χ3n) is 3.28. The number of tetrazole rings is 1. The molecule has 25 heavy (non-hydrogen) atoms. The fraction of sp³-hybridized carbons (Fsp3) is 0.267. The van der Waals surface area contributed by atoms with Crippen LogP contribution in [0.3, 0.4) is 0 Å². The molecule has 1 unspecified atom stereocenters. The van der Waals surface area contributed by atoms with Crippen molar-refractivity contribution in [3.8, 4) is 0 Å². The van der Waals surface area contributed by atoms with Crippen LogP contribution in [-0.4, -0.2) is 36.3 Å². The van der Waals surface area contributed by atoms with Crippen LogP contribution in [0, 0.1) is 0 Å². The number of hydrogen-bond acceptors (Lipinski definition) is 7. The van der Waals surface area contributed by atoms with Gasteiger partial charge in [-0.05, 0) is 40.9 Å². The number of amides is 1. The summed E-state index contributed by atoms with van der Waals surface area (Å²) in [5.74, 6) is 0.284. The quantitative estimate of drug-likeness (QED) is 0.619. The Morgan fingerprint density at radius 1 is 1.44 bits per heavy atom. The van der Waals surface area contributed by atoms with Crippen LogP contribution in [-0.2, 0) is 17.8 Å². The van der Waals surface area contributed by atoms with E-state index in [0.717, 1.165) is 6.42 Å². The number of carbonyl (C=O) groups excluding carboxylic acids is 1. The largest absolute Gasteiger partial charge is 0.310 e. The fourth-order valence-electron chi connectivity index (χ4n) is 1.98. The molecular formula is C15H15ClN6OS2. The smallest absolute Gasteiger partial charge is 0.238 e. The van der Waals surface area contributed by atoms with Gasteiger partial charge in [0.2, 0.25) is 11.1 Å². The lowest BCUT2D eigenvalue weighted by molar-refractivity contribution is -0.115. The summed E-state index contributed by atoms with van der Waals surface area (Å²) in [5, 5.41) is 17.3. The van der Waals surface area contributed by atoms with Crippen LogP contribution in [0.2, 0.25) is 5.02 Å². The predicted octanol–water partition coefficient (Wildman–Crippen LogP) is 3.15. The molecule has 0 aromatic carbocycles. The van der Waals surface area contributed by atoms with Gasteiger partial charge in [-0.1, -0.05) is 29.4 Å². The van der Waals surface area contributed by atoms with Crippen molar-refractivity contribution in [1.29, 1.82) is 0 Å². The molecule has 0 aliphatic heterocycles. The van der Waals surface area contributed by atoms with Gasteiger partial charge in [-0.3, -0.25) is 4.79 Å². The van der Waals surface area contributed by atoms with Gasteiger partial charge in [0.1, 0.15) is 5.82 Å². The maximum Gasteiger partial charge on any atom is 0.238 e. The topological polar surface area (TPSA) is 85.6 Å². The van der Waals surface area contributed by atoms with E-state index in [1.165, 1.54) is 22.8 Å². The number of thiophene rings is 1. The zero-order valence-corrected chi connectivity index (χ0v) is 15.7. The van der Waals surface area contributed by atoms with E-state index >= 15 is 0 Å². The van der Waals surface area contributed by atoms with Crippen LogP contribution in [0.1, 0.15) is 11.8 Å². The van der Waals surface area contributed by atoms with Gasteiger partial charge in [0.15, 0.2) is 0 Å². The van der Waals surface area contributed by atoms with Crippen molar-refractivity contribution in [3.63, 3.8) is 0 Å². The number of hydrogen-bond donors (Lipinski definition) is 1. The molecule has 0 aliphatic rings. The molecule has 0 aliphatic carbocycles. The van der Waals surface area contributed by atoms with E-state index in [-0.39, 0.29) is 11.2 Å².